The van der Waals surface area contributed by atoms with Crippen LogP contribution < -0.4 is 5.32 Å². The standard InChI is InChI=1S/C19H12BrN3O3S/c20-17-15(11-5-2-1-3-6-11)22-19(27-17)23-18(26)13(10-21)9-12-7-4-8-14(24)16(12)25/h1-9,24-25H,(H,22,23,26)/b13-9+. The van der Waals surface area contributed by atoms with E-state index in [0.717, 1.165) is 9.35 Å². The van der Waals surface area contributed by atoms with E-state index in [9.17, 15) is 20.3 Å². The van der Waals surface area contributed by atoms with Gasteiger partial charge in [-0.2, -0.15) is 5.26 Å². The molecule has 0 bridgehead atoms. The Morgan fingerprint density at radius 2 is 1.93 bits per heavy atom. The minimum absolute atomic E-state index is 0.159. The molecule has 1 amide bonds. The number of nitrogens with zero attached hydrogens (tertiary/aromatic N) is 2. The highest BCUT2D eigenvalue weighted by molar-refractivity contribution is 9.11. The highest BCUT2D eigenvalue weighted by Gasteiger charge is 2.16. The molecule has 2 aromatic carbocycles. The Morgan fingerprint density at radius 1 is 1.19 bits per heavy atom. The molecule has 1 aromatic heterocycles. The number of phenols is 2. The monoisotopic (exact) mass is 441 g/mol. The van der Waals surface area contributed by atoms with Crippen LogP contribution in [0.1, 0.15) is 5.56 Å². The molecule has 0 atom stereocenters. The van der Waals surface area contributed by atoms with Crippen LogP contribution in [0.2, 0.25) is 0 Å². The second-order valence-electron chi connectivity index (χ2n) is 5.35. The summed E-state index contributed by atoms with van der Waals surface area (Å²) in [6, 6.07) is 15.5. The molecule has 8 heteroatoms. The molecule has 3 rings (SSSR count). The molecule has 0 fully saturated rings. The van der Waals surface area contributed by atoms with E-state index >= 15 is 0 Å². The first-order chi connectivity index (χ1) is 13.0. The lowest BCUT2D eigenvalue weighted by molar-refractivity contribution is -0.112. The Morgan fingerprint density at radius 3 is 2.63 bits per heavy atom. The van der Waals surface area contributed by atoms with E-state index in [1.807, 2.05) is 30.3 Å². The normalized spacial score (nSPS) is 11.0. The molecule has 0 aliphatic heterocycles. The summed E-state index contributed by atoms with van der Waals surface area (Å²) in [5.41, 5.74) is 1.50. The second-order valence-corrected chi connectivity index (χ2v) is 7.66. The van der Waals surface area contributed by atoms with Gasteiger partial charge >= 0.3 is 0 Å². The zero-order valence-electron chi connectivity index (χ0n) is 13.7. The quantitative estimate of drug-likeness (QED) is 0.313. The van der Waals surface area contributed by atoms with E-state index in [1.165, 1.54) is 35.6 Å². The maximum atomic E-state index is 12.4. The van der Waals surface area contributed by atoms with Crippen molar-refractivity contribution in [3.8, 4) is 28.8 Å². The summed E-state index contributed by atoms with van der Waals surface area (Å²) < 4.78 is 0.747. The van der Waals surface area contributed by atoms with Crippen molar-refractivity contribution < 1.29 is 15.0 Å². The van der Waals surface area contributed by atoms with Crippen LogP contribution in [0.4, 0.5) is 5.13 Å². The number of hydrogen-bond donors (Lipinski definition) is 3. The number of halogens is 1. The summed E-state index contributed by atoms with van der Waals surface area (Å²) in [7, 11) is 0. The molecule has 6 nitrogen and oxygen atoms in total. The number of amides is 1. The smallest absolute Gasteiger partial charge is 0.268 e. The lowest BCUT2D eigenvalue weighted by atomic mass is 10.1. The molecule has 27 heavy (non-hydrogen) atoms. The van der Waals surface area contributed by atoms with Gasteiger partial charge in [-0.25, -0.2) is 4.98 Å². The fourth-order valence-corrected chi connectivity index (χ4v) is 3.75. The highest BCUT2D eigenvalue weighted by atomic mass is 79.9. The molecule has 0 saturated heterocycles. The molecule has 0 spiro atoms. The van der Waals surface area contributed by atoms with Crippen LogP contribution in [0, 0.1) is 11.3 Å². The number of nitriles is 1. The number of thiazole rings is 1. The summed E-state index contributed by atoms with van der Waals surface area (Å²) in [6.07, 6.45) is 1.20. The number of rotatable bonds is 4. The van der Waals surface area contributed by atoms with Gasteiger partial charge in [0.2, 0.25) is 0 Å². The maximum absolute atomic E-state index is 12.4. The first kappa shape index (κ1) is 18.6. The van der Waals surface area contributed by atoms with Crippen molar-refractivity contribution in [1.82, 2.24) is 4.98 Å². The number of aromatic nitrogens is 1. The van der Waals surface area contributed by atoms with Gasteiger partial charge in [0.1, 0.15) is 11.6 Å². The van der Waals surface area contributed by atoms with Crippen molar-refractivity contribution in [3.05, 3.63) is 63.5 Å². The zero-order chi connectivity index (χ0) is 19.4. The molecule has 3 aromatic rings. The molecule has 3 N–H and O–H groups in total. The number of anilines is 1. The molecular formula is C19H12BrN3O3S. The second kappa shape index (κ2) is 8.03. The van der Waals surface area contributed by atoms with Gasteiger partial charge in [0, 0.05) is 11.1 Å². The van der Waals surface area contributed by atoms with E-state index in [2.05, 4.69) is 26.2 Å². The lowest BCUT2D eigenvalue weighted by Gasteiger charge is -2.03. The number of hydrogen-bond acceptors (Lipinski definition) is 6. The Labute approximate surface area is 167 Å². The van der Waals surface area contributed by atoms with Crippen molar-refractivity contribution in [2.24, 2.45) is 0 Å². The van der Waals surface area contributed by atoms with Crippen LogP contribution >= 0.6 is 27.3 Å². The molecule has 0 aliphatic carbocycles. The topological polar surface area (TPSA) is 106 Å². The maximum Gasteiger partial charge on any atom is 0.268 e. The third kappa shape index (κ3) is 4.16. The first-order valence-electron chi connectivity index (χ1n) is 7.65. The minimum Gasteiger partial charge on any atom is -0.504 e. The summed E-state index contributed by atoms with van der Waals surface area (Å²) in [5, 5.41) is 31.5. The highest BCUT2D eigenvalue weighted by Crippen LogP contribution is 2.35. The van der Waals surface area contributed by atoms with Crippen LogP contribution in [0.3, 0.4) is 0 Å². The van der Waals surface area contributed by atoms with Gasteiger partial charge in [0.15, 0.2) is 16.6 Å². The summed E-state index contributed by atoms with van der Waals surface area (Å²) in [4.78, 5) is 16.8. The Kier molecular flexibility index (Phi) is 5.54. The van der Waals surface area contributed by atoms with Gasteiger partial charge in [0.25, 0.3) is 5.91 Å². The summed E-state index contributed by atoms with van der Waals surface area (Å²) >= 11 is 4.66. The van der Waals surface area contributed by atoms with Crippen molar-refractivity contribution >= 4 is 44.4 Å². The largest absolute Gasteiger partial charge is 0.504 e. The van der Waals surface area contributed by atoms with Crippen molar-refractivity contribution in [3.63, 3.8) is 0 Å². The predicted molar refractivity (Wildman–Crippen MR) is 107 cm³/mol. The molecule has 0 unspecified atom stereocenters. The fraction of sp³-hybridized carbons (Fsp3) is 0. The zero-order valence-corrected chi connectivity index (χ0v) is 16.1. The van der Waals surface area contributed by atoms with E-state index in [4.69, 9.17) is 0 Å². The van der Waals surface area contributed by atoms with Crippen LogP contribution in [-0.4, -0.2) is 21.1 Å². The Bertz CT molecular complexity index is 1070. The molecule has 0 aliphatic rings. The van der Waals surface area contributed by atoms with Gasteiger partial charge in [-0.3, -0.25) is 10.1 Å². The van der Waals surface area contributed by atoms with Crippen molar-refractivity contribution in [1.29, 1.82) is 5.26 Å². The fourth-order valence-electron chi connectivity index (χ4n) is 2.26. The van der Waals surface area contributed by atoms with E-state index in [-0.39, 0.29) is 16.9 Å². The van der Waals surface area contributed by atoms with Crippen molar-refractivity contribution in [2.45, 2.75) is 0 Å². The molecule has 0 radical (unpaired) electrons. The van der Waals surface area contributed by atoms with Gasteiger partial charge in [-0.1, -0.05) is 53.8 Å². The molecule has 134 valence electrons. The average Bonchev–Trinajstić information content (AvgIpc) is 3.03. The van der Waals surface area contributed by atoms with Gasteiger partial charge in [-0.15, -0.1) is 0 Å². The van der Waals surface area contributed by atoms with Gasteiger partial charge in [-0.05, 0) is 28.1 Å². The SMILES string of the molecule is N#C/C(=C\c1cccc(O)c1O)C(=O)Nc1nc(-c2ccccc2)c(Br)s1. The van der Waals surface area contributed by atoms with Gasteiger partial charge < -0.3 is 10.2 Å². The van der Waals surface area contributed by atoms with Crippen LogP contribution in [-0.2, 0) is 4.79 Å². The van der Waals surface area contributed by atoms with Gasteiger partial charge in [0.05, 0.1) is 9.48 Å². The van der Waals surface area contributed by atoms with E-state index < -0.39 is 11.7 Å². The lowest BCUT2D eigenvalue weighted by Crippen LogP contribution is -2.13. The third-order valence-corrected chi connectivity index (χ3v) is 5.18. The van der Waals surface area contributed by atoms with Crippen LogP contribution in [0.5, 0.6) is 11.5 Å². The number of para-hydroxylation sites is 1. The molecule has 1 heterocycles. The summed E-state index contributed by atoms with van der Waals surface area (Å²) in [5.74, 6) is -1.40. The first-order valence-corrected chi connectivity index (χ1v) is 9.26. The molecule has 0 saturated carbocycles. The number of benzene rings is 2. The number of carbonyl (C=O) groups is 1. The van der Waals surface area contributed by atoms with Crippen LogP contribution in [0.25, 0.3) is 17.3 Å². The number of phenolic OH excluding ortho intramolecular Hbond substituents is 2. The average molecular weight is 442 g/mol. The predicted octanol–water partition coefficient (Wildman–Crippen LogP) is 4.53. The summed E-state index contributed by atoms with van der Waals surface area (Å²) in [6.45, 7) is 0. The third-order valence-electron chi connectivity index (χ3n) is 3.56. The minimum atomic E-state index is -0.666. The van der Waals surface area contributed by atoms with Crippen LogP contribution in [0.15, 0.2) is 57.9 Å². The van der Waals surface area contributed by atoms with E-state index in [1.54, 1.807) is 6.07 Å². The number of aromatic hydroxyl groups is 2. The Balaban J connectivity index is 1.85. The van der Waals surface area contributed by atoms with E-state index in [0.29, 0.717) is 10.8 Å². The van der Waals surface area contributed by atoms with Crippen molar-refractivity contribution in [2.75, 3.05) is 5.32 Å². The Hall–Kier alpha value is -3.15. The molecular weight excluding hydrogens is 430 g/mol. The number of carbonyl (C=O) groups excluding carboxylic acids is 1. The number of nitrogens with one attached hydrogen (secondary N) is 1.